The van der Waals surface area contributed by atoms with Crippen LogP contribution in [-0.2, 0) is 28.5 Å². The van der Waals surface area contributed by atoms with Crippen LogP contribution >= 0.6 is 0 Å². The molecule has 1 aromatic heterocycles. The topological polar surface area (TPSA) is 104 Å². The Labute approximate surface area is 152 Å². The van der Waals surface area contributed by atoms with Crippen molar-refractivity contribution < 1.29 is 33.3 Å². The van der Waals surface area contributed by atoms with E-state index in [2.05, 4.69) is 4.98 Å². The van der Waals surface area contributed by atoms with Crippen LogP contribution in [0.4, 0.5) is 0 Å². The third-order valence-electron chi connectivity index (χ3n) is 3.97. The van der Waals surface area contributed by atoms with E-state index in [0.29, 0.717) is 17.0 Å². The van der Waals surface area contributed by atoms with Gasteiger partial charge < -0.3 is 23.9 Å². The molecule has 2 rings (SSSR count). The van der Waals surface area contributed by atoms with Gasteiger partial charge in [-0.2, -0.15) is 0 Å². The summed E-state index contributed by atoms with van der Waals surface area (Å²) in [6.07, 6.45) is -2.19. The van der Waals surface area contributed by atoms with Crippen LogP contribution in [0.15, 0.2) is 6.07 Å². The second kappa shape index (κ2) is 8.35. The number of rotatable bonds is 6. The van der Waals surface area contributed by atoms with Crippen molar-refractivity contribution >= 4 is 17.9 Å². The fraction of sp³-hybridized carbons (Fsp3) is 0.611. The molecule has 0 amide bonds. The Balaban J connectivity index is 2.35. The molecule has 8 heteroatoms. The zero-order chi connectivity index (χ0) is 19.4. The second-order valence-electron chi connectivity index (χ2n) is 6.40. The van der Waals surface area contributed by atoms with Crippen molar-refractivity contribution in [2.24, 2.45) is 0 Å². The number of esters is 3. The van der Waals surface area contributed by atoms with Crippen molar-refractivity contribution in [3.63, 3.8) is 0 Å². The van der Waals surface area contributed by atoms with Gasteiger partial charge in [-0.15, -0.1) is 0 Å². The summed E-state index contributed by atoms with van der Waals surface area (Å²) < 4.78 is 21.4. The number of H-pyrrole nitrogens is 1. The lowest BCUT2D eigenvalue weighted by molar-refractivity contribution is -0.163. The van der Waals surface area contributed by atoms with Crippen LogP contribution in [0.25, 0.3) is 0 Å². The maximum Gasteiger partial charge on any atom is 0.339 e. The van der Waals surface area contributed by atoms with Gasteiger partial charge in [-0.05, 0) is 18.9 Å². The van der Waals surface area contributed by atoms with E-state index in [1.807, 2.05) is 13.8 Å². The quantitative estimate of drug-likeness (QED) is 0.607. The van der Waals surface area contributed by atoms with Crippen LogP contribution in [0.5, 0.6) is 0 Å². The minimum absolute atomic E-state index is 0.0426. The summed E-state index contributed by atoms with van der Waals surface area (Å²) >= 11 is 0. The molecule has 8 nitrogen and oxygen atoms in total. The molecule has 0 radical (unpaired) electrons. The molecule has 1 fully saturated rings. The van der Waals surface area contributed by atoms with E-state index in [4.69, 9.17) is 18.9 Å². The molecule has 0 spiro atoms. The molecule has 0 unspecified atom stereocenters. The van der Waals surface area contributed by atoms with Crippen LogP contribution < -0.4 is 0 Å². The molecule has 1 saturated heterocycles. The summed E-state index contributed by atoms with van der Waals surface area (Å²) in [6.45, 7) is 8.54. The van der Waals surface area contributed by atoms with Crippen molar-refractivity contribution in [2.75, 3.05) is 13.2 Å². The van der Waals surface area contributed by atoms with Gasteiger partial charge in [-0.3, -0.25) is 9.59 Å². The van der Waals surface area contributed by atoms with E-state index in [-0.39, 0.29) is 19.1 Å². The summed E-state index contributed by atoms with van der Waals surface area (Å²) in [7, 11) is 0. The molecular formula is C18H25NO7. The maximum atomic E-state index is 12.2. The van der Waals surface area contributed by atoms with Crippen LogP contribution in [0.1, 0.15) is 68.4 Å². The van der Waals surface area contributed by atoms with E-state index in [1.54, 1.807) is 13.0 Å². The molecule has 0 bridgehead atoms. The maximum absolute atomic E-state index is 12.2. The van der Waals surface area contributed by atoms with Crippen molar-refractivity contribution in [2.45, 2.75) is 58.8 Å². The Morgan fingerprint density at radius 2 is 1.88 bits per heavy atom. The van der Waals surface area contributed by atoms with E-state index in [0.717, 1.165) is 0 Å². The highest BCUT2D eigenvalue weighted by Gasteiger charge is 2.44. The summed E-state index contributed by atoms with van der Waals surface area (Å²) in [6, 6.07) is 1.64. The number of aromatic amines is 1. The normalized spacial score (nSPS) is 22.3. The van der Waals surface area contributed by atoms with E-state index in [9.17, 15) is 14.4 Å². The smallest absolute Gasteiger partial charge is 0.339 e. The molecule has 1 N–H and O–H groups in total. The monoisotopic (exact) mass is 367 g/mol. The molecule has 1 aromatic rings. The Morgan fingerprint density at radius 1 is 1.23 bits per heavy atom. The van der Waals surface area contributed by atoms with Gasteiger partial charge in [0.2, 0.25) is 0 Å². The molecule has 0 saturated carbocycles. The predicted octanol–water partition coefficient (Wildman–Crippen LogP) is 2.25. The molecular weight excluding hydrogens is 342 g/mol. The SMILES string of the molecule is CCOC(=O)c1cc([C@@H]2OC[C@@H](OC(C)=O)[C@H]2OC(C)=O)[nH]c1C(C)C. The Bertz CT molecular complexity index is 679. The molecule has 2 heterocycles. The van der Waals surface area contributed by atoms with Gasteiger partial charge in [0.1, 0.15) is 6.10 Å². The van der Waals surface area contributed by atoms with Crippen LogP contribution in [0.3, 0.4) is 0 Å². The molecule has 1 aliphatic heterocycles. The van der Waals surface area contributed by atoms with Crippen molar-refractivity contribution in [3.8, 4) is 0 Å². The lowest BCUT2D eigenvalue weighted by Gasteiger charge is -2.21. The fourth-order valence-electron chi connectivity index (χ4n) is 2.97. The molecule has 3 atom stereocenters. The zero-order valence-electron chi connectivity index (χ0n) is 15.7. The molecule has 26 heavy (non-hydrogen) atoms. The first-order valence-corrected chi connectivity index (χ1v) is 8.60. The first kappa shape index (κ1) is 20.0. The zero-order valence-corrected chi connectivity index (χ0v) is 15.7. The number of hydrogen-bond donors (Lipinski definition) is 1. The molecule has 0 aliphatic carbocycles. The summed E-state index contributed by atoms with van der Waals surface area (Å²) in [5, 5.41) is 0. The van der Waals surface area contributed by atoms with Crippen molar-refractivity contribution in [1.29, 1.82) is 0 Å². The molecule has 144 valence electrons. The van der Waals surface area contributed by atoms with E-state index in [1.165, 1.54) is 13.8 Å². The highest BCUT2D eigenvalue weighted by atomic mass is 16.6. The minimum Gasteiger partial charge on any atom is -0.462 e. The fourth-order valence-corrected chi connectivity index (χ4v) is 2.97. The number of carbonyl (C=O) groups is 3. The third kappa shape index (κ3) is 4.43. The summed E-state index contributed by atoms with van der Waals surface area (Å²) in [4.78, 5) is 38.2. The number of aromatic nitrogens is 1. The average molecular weight is 367 g/mol. The van der Waals surface area contributed by atoms with Gasteiger partial charge in [0.25, 0.3) is 0 Å². The Morgan fingerprint density at radius 3 is 2.42 bits per heavy atom. The highest BCUT2D eigenvalue weighted by Crippen LogP contribution is 2.35. The lowest BCUT2D eigenvalue weighted by atomic mass is 10.1. The van der Waals surface area contributed by atoms with Crippen molar-refractivity contribution in [3.05, 3.63) is 23.0 Å². The number of nitrogens with one attached hydrogen (secondary N) is 1. The molecule has 1 aliphatic rings. The lowest BCUT2D eigenvalue weighted by Crippen LogP contribution is -2.34. The Kier molecular flexibility index (Phi) is 6.42. The Hall–Kier alpha value is -2.35. The van der Waals surface area contributed by atoms with Gasteiger partial charge in [0.15, 0.2) is 12.2 Å². The average Bonchev–Trinajstić information content (AvgIpc) is 3.12. The largest absolute Gasteiger partial charge is 0.462 e. The van der Waals surface area contributed by atoms with Gasteiger partial charge in [-0.1, -0.05) is 13.8 Å². The van der Waals surface area contributed by atoms with Crippen molar-refractivity contribution in [1.82, 2.24) is 4.98 Å². The van der Waals surface area contributed by atoms with Gasteiger partial charge >= 0.3 is 17.9 Å². The number of ether oxygens (including phenoxy) is 4. The standard InChI is InChI=1S/C18H25NO7/c1-6-23-18(22)12-7-13(19-15(12)9(2)3)16-17(26-11(5)21)14(8-24-16)25-10(4)20/h7,9,14,16-17,19H,6,8H2,1-5H3/t14-,16+,17-/m1/s1. The number of carbonyl (C=O) groups excluding carboxylic acids is 3. The summed E-state index contributed by atoms with van der Waals surface area (Å²) in [5.74, 6) is -1.39. The van der Waals surface area contributed by atoms with Gasteiger partial charge in [0, 0.05) is 25.2 Å². The highest BCUT2D eigenvalue weighted by molar-refractivity contribution is 5.91. The first-order chi connectivity index (χ1) is 12.2. The number of hydrogen-bond acceptors (Lipinski definition) is 7. The van der Waals surface area contributed by atoms with Gasteiger partial charge in [-0.25, -0.2) is 4.79 Å². The van der Waals surface area contributed by atoms with Crippen LogP contribution in [0, 0.1) is 0 Å². The minimum atomic E-state index is -0.801. The van der Waals surface area contributed by atoms with E-state index >= 15 is 0 Å². The van der Waals surface area contributed by atoms with Gasteiger partial charge in [0.05, 0.1) is 18.8 Å². The van der Waals surface area contributed by atoms with Crippen LogP contribution in [-0.4, -0.2) is 48.3 Å². The van der Waals surface area contributed by atoms with E-state index < -0.39 is 36.2 Å². The molecule has 0 aromatic carbocycles. The summed E-state index contributed by atoms with van der Waals surface area (Å²) in [5.41, 5.74) is 1.69. The first-order valence-electron chi connectivity index (χ1n) is 8.60. The predicted molar refractivity (Wildman–Crippen MR) is 90.6 cm³/mol. The van der Waals surface area contributed by atoms with Crippen LogP contribution in [0.2, 0.25) is 0 Å². The second-order valence-corrected chi connectivity index (χ2v) is 6.40. The third-order valence-corrected chi connectivity index (χ3v) is 3.97.